The van der Waals surface area contributed by atoms with Crippen molar-refractivity contribution in [2.24, 2.45) is 0 Å². The zero-order valence-electron chi connectivity index (χ0n) is 17.7. The molecular weight excluding hydrogens is 456 g/mol. The third-order valence-corrected chi connectivity index (χ3v) is 6.36. The van der Waals surface area contributed by atoms with E-state index < -0.39 is 5.97 Å². The first-order valence-electron chi connectivity index (χ1n) is 10.6. The number of para-hydroxylation sites is 1. The minimum Gasteiger partial charge on any atom is -0.452 e. The van der Waals surface area contributed by atoms with Crippen molar-refractivity contribution in [3.8, 4) is 11.3 Å². The number of fused-ring (bicyclic) bond motifs is 1. The minimum atomic E-state index is -0.513. The number of halogens is 1. The van der Waals surface area contributed by atoms with E-state index in [0.717, 1.165) is 29.3 Å². The van der Waals surface area contributed by atoms with Gasteiger partial charge in [-0.3, -0.25) is 4.79 Å². The molecule has 31 heavy (non-hydrogen) atoms. The van der Waals surface area contributed by atoms with Crippen molar-refractivity contribution in [1.29, 1.82) is 0 Å². The molecule has 0 N–H and O–H groups in total. The minimum absolute atomic E-state index is 0.140. The van der Waals surface area contributed by atoms with Crippen LogP contribution in [0, 0.1) is 0 Å². The molecule has 1 fully saturated rings. The summed E-state index contributed by atoms with van der Waals surface area (Å²) in [5, 5.41) is 0.707. The number of hydrogen-bond donors (Lipinski definition) is 0. The van der Waals surface area contributed by atoms with Gasteiger partial charge in [-0.1, -0.05) is 46.3 Å². The van der Waals surface area contributed by atoms with Crippen molar-refractivity contribution in [2.45, 2.75) is 45.2 Å². The van der Waals surface area contributed by atoms with Gasteiger partial charge < -0.3 is 9.64 Å². The fourth-order valence-corrected chi connectivity index (χ4v) is 4.73. The van der Waals surface area contributed by atoms with Gasteiger partial charge in [0.25, 0.3) is 5.91 Å². The van der Waals surface area contributed by atoms with Crippen LogP contribution in [0.2, 0.25) is 0 Å². The molecule has 2 atom stereocenters. The standard InChI is InChI=1S/C25H25BrN2O3/c1-16-7-5-8-17(2)28(16)24(29)15-31-25(30)21-14-23(18-9-6-10-19(26)13-18)27-22-12-4-3-11-20(21)22/h3-4,6,9-14,16-17H,5,7-8,15H2,1-2H3. The number of carbonyl (C=O) groups is 2. The number of ether oxygens (including phenoxy) is 1. The summed E-state index contributed by atoms with van der Waals surface area (Å²) in [6, 6.07) is 17.3. The van der Waals surface area contributed by atoms with Crippen molar-refractivity contribution >= 4 is 38.7 Å². The number of benzene rings is 2. The number of carbonyl (C=O) groups excluding carboxylic acids is 2. The molecule has 5 nitrogen and oxygen atoms in total. The lowest BCUT2D eigenvalue weighted by Crippen LogP contribution is -2.49. The van der Waals surface area contributed by atoms with E-state index in [4.69, 9.17) is 9.72 Å². The average molecular weight is 481 g/mol. The quantitative estimate of drug-likeness (QED) is 0.455. The highest BCUT2D eigenvalue weighted by Crippen LogP contribution is 2.27. The predicted octanol–water partition coefficient (Wildman–Crippen LogP) is 5.61. The van der Waals surface area contributed by atoms with Crippen LogP contribution in [0.4, 0.5) is 0 Å². The number of pyridine rings is 1. The number of esters is 1. The Hall–Kier alpha value is -2.73. The lowest BCUT2D eigenvalue weighted by atomic mass is 9.97. The lowest BCUT2D eigenvalue weighted by molar-refractivity contribution is -0.140. The van der Waals surface area contributed by atoms with Crippen LogP contribution in [0.1, 0.15) is 43.5 Å². The van der Waals surface area contributed by atoms with Crippen LogP contribution >= 0.6 is 15.9 Å². The summed E-state index contributed by atoms with van der Waals surface area (Å²) >= 11 is 3.48. The third kappa shape index (κ3) is 4.64. The monoisotopic (exact) mass is 480 g/mol. The summed E-state index contributed by atoms with van der Waals surface area (Å²) in [6.07, 6.45) is 3.08. The first kappa shape index (κ1) is 21.5. The summed E-state index contributed by atoms with van der Waals surface area (Å²) in [7, 11) is 0. The number of rotatable bonds is 4. The van der Waals surface area contributed by atoms with Crippen LogP contribution in [0.25, 0.3) is 22.2 Å². The molecule has 4 rings (SSSR count). The Morgan fingerprint density at radius 2 is 1.81 bits per heavy atom. The molecule has 0 radical (unpaired) electrons. The number of amides is 1. The van der Waals surface area contributed by atoms with Gasteiger partial charge in [0.2, 0.25) is 0 Å². The van der Waals surface area contributed by atoms with E-state index in [9.17, 15) is 9.59 Å². The first-order valence-corrected chi connectivity index (χ1v) is 11.4. The molecule has 2 aromatic carbocycles. The zero-order valence-corrected chi connectivity index (χ0v) is 19.3. The molecule has 160 valence electrons. The summed E-state index contributed by atoms with van der Waals surface area (Å²) < 4.78 is 6.43. The van der Waals surface area contributed by atoms with Crippen LogP contribution in [0.15, 0.2) is 59.1 Å². The Bertz CT molecular complexity index is 1120. The van der Waals surface area contributed by atoms with Gasteiger partial charge in [-0.2, -0.15) is 0 Å². The van der Waals surface area contributed by atoms with Crippen LogP contribution in [0.5, 0.6) is 0 Å². The number of aromatic nitrogens is 1. The molecule has 1 aliphatic rings. The maximum Gasteiger partial charge on any atom is 0.339 e. The molecular formula is C25H25BrN2O3. The van der Waals surface area contributed by atoms with E-state index in [1.165, 1.54) is 0 Å². The van der Waals surface area contributed by atoms with Gasteiger partial charge in [-0.25, -0.2) is 9.78 Å². The molecule has 2 heterocycles. The van der Waals surface area contributed by atoms with Crippen LogP contribution in [-0.4, -0.2) is 40.5 Å². The SMILES string of the molecule is CC1CCCC(C)N1C(=O)COC(=O)c1cc(-c2cccc(Br)c2)nc2ccccc12. The second-order valence-electron chi connectivity index (χ2n) is 8.09. The summed E-state index contributed by atoms with van der Waals surface area (Å²) in [4.78, 5) is 32.4. The third-order valence-electron chi connectivity index (χ3n) is 5.86. The highest BCUT2D eigenvalue weighted by atomic mass is 79.9. The first-order chi connectivity index (χ1) is 14.9. The van der Waals surface area contributed by atoms with Crippen molar-refractivity contribution in [3.63, 3.8) is 0 Å². The Labute approximate surface area is 190 Å². The number of piperidine rings is 1. The highest BCUT2D eigenvalue weighted by molar-refractivity contribution is 9.10. The number of hydrogen-bond acceptors (Lipinski definition) is 4. The van der Waals surface area contributed by atoms with Gasteiger partial charge in [0.05, 0.1) is 16.8 Å². The van der Waals surface area contributed by atoms with Crippen LogP contribution in [-0.2, 0) is 9.53 Å². The summed E-state index contributed by atoms with van der Waals surface area (Å²) in [5.74, 6) is -0.654. The molecule has 0 spiro atoms. The Balaban J connectivity index is 1.60. The van der Waals surface area contributed by atoms with Gasteiger partial charge in [-0.15, -0.1) is 0 Å². The number of likely N-dealkylation sites (tertiary alicyclic amines) is 1. The average Bonchev–Trinajstić information content (AvgIpc) is 2.76. The molecule has 1 saturated heterocycles. The molecule has 3 aromatic rings. The Morgan fingerprint density at radius 1 is 1.06 bits per heavy atom. The van der Waals surface area contributed by atoms with Crippen LogP contribution in [0.3, 0.4) is 0 Å². The molecule has 0 saturated carbocycles. The van der Waals surface area contributed by atoms with Gasteiger partial charge in [-0.05, 0) is 57.4 Å². The van der Waals surface area contributed by atoms with Crippen molar-refractivity contribution in [3.05, 3.63) is 64.6 Å². The smallest absolute Gasteiger partial charge is 0.339 e. The summed E-state index contributed by atoms with van der Waals surface area (Å²) in [6.45, 7) is 3.85. The molecule has 6 heteroatoms. The lowest BCUT2D eigenvalue weighted by Gasteiger charge is -2.38. The molecule has 0 aliphatic carbocycles. The van der Waals surface area contributed by atoms with E-state index >= 15 is 0 Å². The molecule has 2 unspecified atom stereocenters. The Kier molecular flexibility index (Phi) is 6.37. The number of nitrogens with zero attached hydrogens (tertiary/aromatic N) is 2. The topological polar surface area (TPSA) is 59.5 Å². The second kappa shape index (κ2) is 9.18. The Morgan fingerprint density at radius 3 is 2.55 bits per heavy atom. The largest absolute Gasteiger partial charge is 0.452 e. The molecule has 1 aliphatic heterocycles. The maximum atomic E-state index is 13.0. The van der Waals surface area contributed by atoms with Gasteiger partial charge in [0.15, 0.2) is 6.61 Å². The van der Waals surface area contributed by atoms with E-state index in [-0.39, 0.29) is 24.6 Å². The predicted molar refractivity (Wildman–Crippen MR) is 125 cm³/mol. The van der Waals surface area contributed by atoms with Crippen molar-refractivity contribution in [2.75, 3.05) is 6.61 Å². The van der Waals surface area contributed by atoms with Crippen molar-refractivity contribution < 1.29 is 14.3 Å². The molecule has 0 bridgehead atoms. The fourth-order valence-electron chi connectivity index (χ4n) is 4.33. The normalized spacial score (nSPS) is 18.7. The highest BCUT2D eigenvalue weighted by Gasteiger charge is 2.29. The van der Waals surface area contributed by atoms with Crippen LogP contribution < -0.4 is 0 Å². The molecule has 1 aromatic heterocycles. The van der Waals surface area contributed by atoms with E-state index in [1.807, 2.05) is 53.4 Å². The van der Waals surface area contributed by atoms with Crippen molar-refractivity contribution in [1.82, 2.24) is 9.88 Å². The van der Waals surface area contributed by atoms with E-state index in [0.29, 0.717) is 22.2 Å². The maximum absolute atomic E-state index is 13.0. The zero-order chi connectivity index (χ0) is 22.0. The second-order valence-corrected chi connectivity index (χ2v) is 9.00. The van der Waals surface area contributed by atoms with E-state index in [1.54, 1.807) is 6.07 Å². The van der Waals surface area contributed by atoms with Gasteiger partial charge >= 0.3 is 5.97 Å². The van der Waals surface area contributed by atoms with Gasteiger partial charge in [0.1, 0.15) is 0 Å². The van der Waals surface area contributed by atoms with E-state index in [2.05, 4.69) is 29.8 Å². The fraction of sp³-hybridized carbons (Fsp3) is 0.320. The summed E-state index contributed by atoms with van der Waals surface area (Å²) in [5.41, 5.74) is 2.68. The molecule has 1 amide bonds. The van der Waals surface area contributed by atoms with Gasteiger partial charge in [0, 0.05) is 27.5 Å².